The fourth-order valence-corrected chi connectivity index (χ4v) is 2.22. The van der Waals surface area contributed by atoms with Crippen LogP contribution in [0, 0.1) is 0 Å². The monoisotopic (exact) mass is 274 g/mol. The van der Waals surface area contributed by atoms with Gasteiger partial charge in [-0.1, -0.05) is 0 Å². The summed E-state index contributed by atoms with van der Waals surface area (Å²) < 4.78 is 25.7. The predicted octanol–water partition coefficient (Wildman–Crippen LogP) is -1.08. The Morgan fingerprint density at radius 3 is 2.56 bits per heavy atom. The van der Waals surface area contributed by atoms with Gasteiger partial charge in [-0.25, -0.2) is 17.9 Å². The number of rotatable bonds is 5. The molecule has 0 bridgehead atoms. The van der Waals surface area contributed by atoms with E-state index in [0.717, 1.165) is 6.07 Å². The lowest BCUT2D eigenvalue weighted by Crippen LogP contribution is -2.37. The van der Waals surface area contributed by atoms with E-state index in [1.807, 2.05) is 0 Å². The SMILES string of the molecule is NC(=O)NCCNS(=O)(=O)c1ccc(O)c(N)c1. The smallest absolute Gasteiger partial charge is 0.312 e. The molecule has 0 atom stereocenters. The average molecular weight is 274 g/mol. The molecule has 1 aromatic carbocycles. The highest BCUT2D eigenvalue weighted by molar-refractivity contribution is 7.89. The molecular formula is C9H14N4O4S. The summed E-state index contributed by atoms with van der Waals surface area (Å²) in [6.45, 7) is 0.0637. The number of benzene rings is 1. The molecule has 100 valence electrons. The van der Waals surface area contributed by atoms with Crippen LogP contribution < -0.4 is 21.5 Å². The van der Waals surface area contributed by atoms with Gasteiger partial charge in [0.15, 0.2) is 0 Å². The minimum atomic E-state index is -3.73. The van der Waals surface area contributed by atoms with E-state index in [1.54, 1.807) is 0 Å². The summed E-state index contributed by atoms with van der Waals surface area (Å²) in [6.07, 6.45) is 0. The Balaban J connectivity index is 2.68. The van der Waals surface area contributed by atoms with Gasteiger partial charge in [0.25, 0.3) is 0 Å². The first-order valence-corrected chi connectivity index (χ1v) is 6.42. The van der Waals surface area contributed by atoms with E-state index in [4.69, 9.17) is 11.5 Å². The first kappa shape index (κ1) is 14.1. The summed E-state index contributed by atoms with van der Waals surface area (Å²) in [4.78, 5) is 10.3. The number of primary amides is 1. The van der Waals surface area contributed by atoms with Gasteiger partial charge in [0.1, 0.15) is 5.75 Å². The zero-order valence-electron chi connectivity index (χ0n) is 9.38. The van der Waals surface area contributed by atoms with Gasteiger partial charge in [0.2, 0.25) is 10.0 Å². The van der Waals surface area contributed by atoms with Crippen molar-refractivity contribution < 1.29 is 18.3 Å². The maximum absolute atomic E-state index is 11.7. The van der Waals surface area contributed by atoms with Gasteiger partial charge in [-0.05, 0) is 18.2 Å². The molecule has 0 aliphatic heterocycles. The average Bonchev–Trinajstić information content (AvgIpc) is 2.28. The zero-order valence-corrected chi connectivity index (χ0v) is 10.2. The van der Waals surface area contributed by atoms with Crippen LogP contribution in [0.1, 0.15) is 0 Å². The molecular weight excluding hydrogens is 260 g/mol. The first-order chi connectivity index (χ1) is 8.33. The Morgan fingerprint density at radius 1 is 1.33 bits per heavy atom. The van der Waals surface area contributed by atoms with Crippen LogP contribution >= 0.6 is 0 Å². The van der Waals surface area contributed by atoms with E-state index in [2.05, 4.69) is 10.0 Å². The number of hydrogen-bond donors (Lipinski definition) is 5. The fraction of sp³-hybridized carbons (Fsp3) is 0.222. The largest absolute Gasteiger partial charge is 0.506 e. The van der Waals surface area contributed by atoms with E-state index in [-0.39, 0.29) is 29.4 Å². The van der Waals surface area contributed by atoms with Gasteiger partial charge in [0.05, 0.1) is 10.6 Å². The van der Waals surface area contributed by atoms with Crippen molar-refractivity contribution in [2.45, 2.75) is 4.90 Å². The summed E-state index contributed by atoms with van der Waals surface area (Å²) in [5.74, 6) is -0.190. The molecule has 0 aliphatic rings. The van der Waals surface area contributed by atoms with Crippen LogP contribution in [0.15, 0.2) is 23.1 Å². The van der Waals surface area contributed by atoms with Crippen LogP contribution in [-0.2, 0) is 10.0 Å². The van der Waals surface area contributed by atoms with E-state index < -0.39 is 16.1 Å². The van der Waals surface area contributed by atoms with Gasteiger partial charge < -0.3 is 21.9 Å². The molecule has 8 nitrogen and oxygen atoms in total. The molecule has 0 unspecified atom stereocenters. The number of urea groups is 1. The van der Waals surface area contributed by atoms with Gasteiger partial charge in [0, 0.05) is 13.1 Å². The molecule has 1 rings (SSSR count). The van der Waals surface area contributed by atoms with Crippen molar-refractivity contribution in [1.29, 1.82) is 0 Å². The predicted molar refractivity (Wildman–Crippen MR) is 65.3 cm³/mol. The van der Waals surface area contributed by atoms with Gasteiger partial charge in [-0.2, -0.15) is 0 Å². The van der Waals surface area contributed by atoms with Gasteiger partial charge in [-0.3, -0.25) is 0 Å². The quantitative estimate of drug-likeness (QED) is 0.263. The third-order valence-electron chi connectivity index (χ3n) is 2.03. The minimum absolute atomic E-state index is 0.00788. The summed E-state index contributed by atoms with van der Waals surface area (Å²) in [5, 5.41) is 11.4. The Hall–Kier alpha value is -2.00. The lowest BCUT2D eigenvalue weighted by Gasteiger charge is -2.08. The second kappa shape index (κ2) is 5.56. The van der Waals surface area contributed by atoms with Crippen molar-refractivity contribution >= 4 is 21.7 Å². The van der Waals surface area contributed by atoms with Gasteiger partial charge >= 0.3 is 6.03 Å². The molecule has 0 saturated heterocycles. The Bertz CT molecular complexity index is 543. The molecule has 0 heterocycles. The van der Waals surface area contributed by atoms with E-state index in [9.17, 15) is 18.3 Å². The number of nitrogens with one attached hydrogen (secondary N) is 2. The van der Waals surface area contributed by atoms with Crippen molar-refractivity contribution in [3.8, 4) is 5.75 Å². The van der Waals surface area contributed by atoms with Crippen molar-refractivity contribution in [1.82, 2.24) is 10.0 Å². The summed E-state index contributed by atoms with van der Waals surface area (Å²) in [5.41, 5.74) is 10.2. The number of aromatic hydroxyl groups is 1. The van der Waals surface area contributed by atoms with Crippen LogP contribution in [0.3, 0.4) is 0 Å². The Labute approximate surface area is 104 Å². The molecule has 0 fully saturated rings. The van der Waals surface area contributed by atoms with Crippen LogP contribution in [0.4, 0.5) is 10.5 Å². The summed E-state index contributed by atoms with van der Waals surface area (Å²) in [7, 11) is -3.73. The number of phenolic OH excluding ortho intramolecular Hbond substituents is 1. The normalized spacial score (nSPS) is 11.1. The number of amides is 2. The minimum Gasteiger partial charge on any atom is -0.506 e. The Morgan fingerprint density at radius 2 is 2.00 bits per heavy atom. The highest BCUT2D eigenvalue weighted by Gasteiger charge is 2.14. The van der Waals surface area contributed by atoms with E-state index in [1.165, 1.54) is 12.1 Å². The zero-order chi connectivity index (χ0) is 13.8. The second-order valence-electron chi connectivity index (χ2n) is 3.41. The highest BCUT2D eigenvalue weighted by atomic mass is 32.2. The topological polar surface area (TPSA) is 148 Å². The van der Waals surface area contributed by atoms with Crippen molar-refractivity contribution in [2.24, 2.45) is 5.73 Å². The number of phenols is 1. The first-order valence-electron chi connectivity index (χ1n) is 4.94. The lowest BCUT2D eigenvalue weighted by molar-refractivity contribution is 0.249. The molecule has 2 amide bonds. The molecule has 0 aliphatic carbocycles. The van der Waals surface area contributed by atoms with E-state index in [0.29, 0.717) is 0 Å². The standard InChI is InChI=1S/C9H14N4O4S/c10-7-5-6(1-2-8(7)14)18(16,17)13-4-3-12-9(11)15/h1-2,5,13-14H,3-4,10H2,(H3,11,12,15). The number of carbonyl (C=O) groups is 1. The molecule has 0 spiro atoms. The van der Waals surface area contributed by atoms with Crippen molar-refractivity contribution in [3.63, 3.8) is 0 Å². The fourth-order valence-electron chi connectivity index (χ4n) is 1.15. The molecule has 9 heteroatoms. The molecule has 18 heavy (non-hydrogen) atoms. The molecule has 7 N–H and O–H groups in total. The molecule has 0 saturated carbocycles. The van der Waals surface area contributed by atoms with Crippen LogP contribution in [0.5, 0.6) is 5.75 Å². The molecule has 1 aromatic rings. The third-order valence-corrected chi connectivity index (χ3v) is 3.48. The second-order valence-corrected chi connectivity index (χ2v) is 5.18. The molecule has 0 radical (unpaired) electrons. The maximum Gasteiger partial charge on any atom is 0.312 e. The van der Waals surface area contributed by atoms with Crippen LogP contribution in [-0.4, -0.2) is 32.6 Å². The molecule has 0 aromatic heterocycles. The summed E-state index contributed by atoms with van der Waals surface area (Å²) >= 11 is 0. The number of hydrogen-bond acceptors (Lipinski definition) is 5. The number of sulfonamides is 1. The Kier molecular flexibility index (Phi) is 4.34. The van der Waals surface area contributed by atoms with Crippen LogP contribution in [0.25, 0.3) is 0 Å². The van der Waals surface area contributed by atoms with Crippen molar-refractivity contribution in [2.75, 3.05) is 18.8 Å². The number of nitrogens with two attached hydrogens (primary N) is 2. The number of anilines is 1. The highest BCUT2D eigenvalue weighted by Crippen LogP contribution is 2.22. The van der Waals surface area contributed by atoms with Crippen LogP contribution in [0.2, 0.25) is 0 Å². The maximum atomic E-state index is 11.7. The summed E-state index contributed by atoms with van der Waals surface area (Å²) in [6, 6.07) is 2.81. The van der Waals surface area contributed by atoms with Gasteiger partial charge in [-0.15, -0.1) is 0 Å². The van der Waals surface area contributed by atoms with Crippen molar-refractivity contribution in [3.05, 3.63) is 18.2 Å². The lowest BCUT2D eigenvalue weighted by atomic mass is 10.3. The van der Waals surface area contributed by atoms with E-state index >= 15 is 0 Å². The number of nitrogen functional groups attached to an aromatic ring is 1. The number of carbonyl (C=O) groups excluding carboxylic acids is 1. The third kappa shape index (κ3) is 3.79.